The molecule has 0 fully saturated rings. The maximum atomic E-state index is 3.39. The Kier molecular flexibility index (Phi) is 3.97. The number of hydrogen-bond acceptors (Lipinski definition) is 2. The second kappa shape index (κ2) is 5.48. The third-order valence-corrected chi connectivity index (χ3v) is 4.19. The Hall–Kier alpha value is -1.12. The topological polar surface area (TPSA) is 12.0 Å². The normalized spacial score (nSPS) is 12.9. The fourth-order valence-electron chi connectivity index (χ4n) is 2.08. The molecule has 0 aliphatic rings. The lowest BCUT2D eigenvalue weighted by atomic mass is 10.0. The van der Waals surface area contributed by atoms with E-state index in [2.05, 4.69) is 61.6 Å². The van der Waals surface area contributed by atoms with Gasteiger partial charge in [0.25, 0.3) is 0 Å². The first-order chi connectivity index (χ1) is 8.22. The van der Waals surface area contributed by atoms with Gasteiger partial charge in [0.1, 0.15) is 0 Å². The molecular weight excluding hydrogens is 226 g/mol. The van der Waals surface area contributed by atoms with E-state index in [4.69, 9.17) is 0 Å². The van der Waals surface area contributed by atoms with Crippen molar-refractivity contribution in [2.45, 2.75) is 19.9 Å². The molecule has 1 heterocycles. The van der Waals surface area contributed by atoms with Crippen molar-refractivity contribution in [3.8, 4) is 10.4 Å². The lowest BCUT2D eigenvalue weighted by molar-refractivity contribution is 0.449. The summed E-state index contributed by atoms with van der Waals surface area (Å²) in [5, 5.41) is 3.39. The summed E-state index contributed by atoms with van der Waals surface area (Å²) in [4.78, 5) is 2.77. The highest BCUT2D eigenvalue weighted by Gasteiger charge is 2.15. The smallest absolute Gasteiger partial charge is 0.0435 e. The highest BCUT2D eigenvalue weighted by molar-refractivity contribution is 7.15. The molecule has 1 N–H and O–H groups in total. The number of hydrogen-bond donors (Lipinski definition) is 1. The van der Waals surface area contributed by atoms with E-state index in [0.717, 1.165) is 0 Å². The van der Waals surface area contributed by atoms with Gasteiger partial charge in [-0.05, 0) is 30.7 Å². The summed E-state index contributed by atoms with van der Waals surface area (Å²) in [5.41, 5.74) is 1.31. The van der Waals surface area contributed by atoms with Gasteiger partial charge in [0, 0.05) is 15.8 Å². The molecule has 0 radical (unpaired) electrons. The number of rotatable bonds is 4. The quantitative estimate of drug-likeness (QED) is 0.845. The van der Waals surface area contributed by atoms with E-state index in [9.17, 15) is 0 Å². The molecule has 0 aliphatic heterocycles. The van der Waals surface area contributed by atoms with Gasteiger partial charge in [-0.1, -0.05) is 44.2 Å². The van der Waals surface area contributed by atoms with E-state index < -0.39 is 0 Å². The zero-order valence-corrected chi connectivity index (χ0v) is 11.4. The van der Waals surface area contributed by atoms with Crippen LogP contribution in [0, 0.1) is 5.92 Å². The molecule has 0 spiro atoms. The Morgan fingerprint density at radius 3 is 2.29 bits per heavy atom. The molecule has 90 valence electrons. The second-order valence-electron chi connectivity index (χ2n) is 4.58. The van der Waals surface area contributed by atoms with Gasteiger partial charge in [0.2, 0.25) is 0 Å². The van der Waals surface area contributed by atoms with Crippen molar-refractivity contribution in [2.75, 3.05) is 7.05 Å². The maximum Gasteiger partial charge on any atom is 0.0435 e. The molecule has 0 saturated heterocycles. The molecule has 2 heteroatoms. The van der Waals surface area contributed by atoms with Gasteiger partial charge in [-0.3, -0.25) is 0 Å². The van der Waals surface area contributed by atoms with E-state index in [-0.39, 0.29) is 0 Å². The molecule has 0 bridgehead atoms. The highest BCUT2D eigenvalue weighted by Crippen LogP contribution is 2.33. The van der Waals surface area contributed by atoms with Gasteiger partial charge in [-0.15, -0.1) is 11.3 Å². The van der Waals surface area contributed by atoms with Crippen LogP contribution < -0.4 is 5.32 Å². The zero-order valence-electron chi connectivity index (χ0n) is 10.6. The molecular formula is C15H19NS. The average Bonchev–Trinajstić information content (AvgIpc) is 2.80. The first-order valence-electron chi connectivity index (χ1n) is 6.04. The molecule has 0 aliphatic carbocycles. The van der Waals surface area contributed by atoms with Gasteiger partial charge < -0.3 is 5.32 Å². The van der Waals surface area contributed by atoms with Crippen LogP contribution in [-0.4, -0.2) is 7.05 Å². The van der Waals surface area contributed by atoms with Crippen molar-refractivity contribution in [3.63, 3.8) is 0 Å². The molecule has 0 saturated carbocycles. The van der Waals surface area contributed by atoms with Crippen molar-refractivity contribution in [1.82, 2.24) is 5.32 Å². The third kappa shape index (κ3) is 2.76. The van der Waals surface area contributed by atoms with Gasteiger partial charge in [0.05, 0.1) is 0 Å². The Labute approximate surface area is 108 Å². The molecule has 1 nitrogen and oxygen atoms in total. The molecule has 2 rings (SSSR count). The maximum absolute atomic E-state index is 3.39. The van der Waals surface area contributed by atoms with Crippen LogP contribution in [0.15, 0.2) is 42.5 Å². The fourth-order valence-corrected chi connectivity index (χ4v) is 3.38. The standard InChI is InChI=1S/C15H19NS/c1-11(2)15(16-3)14-10-9-13(17-14)12-7-5-4-6-8-12/h4-11,15-16H,1-3H3. The van der Waals surface area contributed by atoms with E-state index in [1.165, 1.54) is 15.3 Å². The Bertz CT molecular complexity index is 459. The van der Waals surface area contributed by atoms with E-state index in [0.29, 0.717) is 12.0 Å². The van der Waals surface area contributed by atoms with Crippen LogP contribution in [-0.2, 0) is 0 Å². The van der Waals surface area contributed by atoms with Crippen molar-refractivity contribution >= 4 is 11.3 Å². The Morgan fingerprint density at radius 2 is 1.71 bits per heavy atom. The summed E-state index contributed by atoms with van der Waals surface area (Å²) in [7, 11) is 2.03. The summed E-state index contributed by atoms with van der Waals surface area (Å²) in [6.07, 6.45) is 0. The van der Waals surface area contributed by atoms with E-state index in [1.807, 2.05) is 18.4 Å². The van der Waals surface area contributed by atoms with Crippen molar-refractivity contribution in [2.24, 2.45) is 5.92 Å². The third-order valence-electron chi connectivity index (χ3n) is 2.97. The lowest BCUT2D eigenvalue weighted by Gasteiger charge is -2.18. The Balaban J connectivity index is 2.27. The molecule has 1 atom stereocenters. The monoisotopic (exact) mass is 245 g/mol. The molecule has 1 unspecified atom stereocenters. The number of thiophene rings is 1. The molecule has 1 aromatic heterocycles. The molecule has 0 amide bonds. The molecule has 2 aromatic rings. The van der Waals surface area contributed by atoms with Gasteiger partial charge in [-0.2, -0.15) is 0 Å². The predicted molar refractivity (Wildman–Crippen MR) is 76.4 cm³/mol. The summed E-state index contributed by atoms with van der Waals surface area (Å²) in [6.45, 7) is 4.51. The SMILES string of the molecule is CNC(c1ccc(-c2ccccc2)s1)C(C)C. The number of benzene rings is 1. The van der Waals surface area contributed by atoms with Crippen molar-refractivity contribution in [1.29, 1.82) is 0 Å². The van der Waals surface area contributed by atoms with Crippen LogP contribution in [0.5, 0.6) is 0 Å². The van der Waals surface area contributed by atoms with Gasteiger partial charge in [0.15, 0.2) is 0 Å². The second-order valence-corrected chi connectivity index (χ2v) is 5.69. The van der Waals surface area contributed by atoms with Crippen LogP contribution in [0.4, 0.5) is 0 Å². The van der Waals surface area contributed by atoms with Crippen LogP contribution >= 0.6 is 11.3 Å². The molecule has 17 heavy (non-hydrogen) atoms. The van der Waals surface area contributed by atoms with Crippen molar-refractivity contribution < 1.29 is 0 Å². The summed E-state index contributed by atoms with van der Waals surface area (Å²) in [5.74, 6) is 0.613. The fraction of sp³-hybridized carbons (Fsp3) is 0.333. The van der Waals surface area contributed by atoms with Crippen LogP contribution in [0.25, 0.3) is 10.4 Å². The average molecular weight is 245 g/mol. The minimum absolute atomic E-state index is 0.456. The largest absolute Gasteiger partial charge is 0.312 e. The first kappa shape index (κ1) is 12.3. The van der Waals surface area contributed by atoms with Gasteiger partial charge >= 0.3 is 0 Å². The van der Waals surface area contributed by atoms with E-state index >= 15 is 0 Å². The summed E-state index contributed by atoms with van der Waals surface area (Å²) < 4.78 is 0. The zero-order chi connectivity index (χ0) is 12.3. The minimum atomic E-state index is 0.456. The van der Waals surface area contributed by atoms with Crippen LogP contribution in [0.1, 0.15) is 24.8 Å². The first-order valence-corrected chi connectivity index (χ1v) is 6.86. The minimum Gasteiger partial charge on any atom is -0.312 e. The summed E-state index contributed by atoms with van der Waals surface area (Å²) in [6, 6.07) is 15.5. The highest BCUT2D eigenvalue weighted by atomic mass is 32.1. The van der Waals surface area contributed by atoms with Crippen LogP contribution in [0.3, 0.4) is 0 Å². The van der Waals surface area contributed by atoms with E-state index in [1.54, 1.807) is 0 Å². The van der Waals surface area contributed by atoms with Crippen molar-refractivity contribution in [3.05, 3.63) is 47.3 Å². The van der Waals surface area contributed by atoms with Crippen LogP contribution in [0.2, 0.25) is 0 Å². The molecule has 1 aromatic carbocycles. The number of nitrogens with one attached hydrogen (secondary N) is 1. The van der Waals surface area contributed by atoms with Gasteiger partial charge in [-0.25, -0.2) is 0 Å². The predicted octanol–water partition coefficient (Wildman–Crippen LogP) is 4.33. The lowest BCUT2D eigenvalue weighted by Crippen LogP contribution is -2.20. The Morgan fingerprint density at radius 1 is 1.00 bits per heavy atom. The summed E-state index contributed by atoms with van der Waals surface area (Å²) >= 11 is 1.88.